The summed E-state index contributed by atoms with van der Waals surface area (Å²) in [5.41, 5.74) is 6.24. The minimum atomic E-state index is -0.0659. The average molecular weight is 694 g/mol. The number of para-hydroxylation sites is 2. The molecule has 8 heteroatoms. The molecule has 1 aliphatic heterocycles. The van der Waals surface area contributed by atoms with E-state index in [1.54, 1.807) is 0 Å². The maximum absolute atomic E-state index is 13.6. The number of aliphatic hydroxyl groups excluding tert-OH is 2. The van der Waals surface area contributed by atoms with Crippen LogP contribution < -0.4 is 10.6 Å². The van der Waals surface area contributed by atoms with Gasteiger partial charge in [-0.05, 0) is 121 Å². The quantitative estimate of drug-likeness (QED) is 0.0744. The number of likely N-dealkylation sites (tertiary alicyclic amines) is 1. The monoisotopic (exact) mass is 694 g/mol. The van der Waals surface area contributed by atoms with Gasteiger partial charge in [0, 0.05) is 24.6 Å². The Morgan fingerprint density at radius 3 is 1.70 bits per heavy atom. The SMILES string of the molecule is Cc1cccc(C)c1NC(=O)C[N+](CCCCO)(CCCCO)CCCCCCCCN1CCCCCCC1C(=O)Nc1c(C)cccc1C. The summed E-state index contributed by atoms with van der Waals surface area (Å²) in [5, 5.41) is 25.6. The zero-order chi connectivity index (χ0) is 36.2. The maximum atomic E-state index is 13.6. The smallest absolute Gasteiger partial charge is 0.279 e. The van der Waals surface area contributed by atoms with E-state index in [1.807, 2.05) is 38.1 Å². The number of aliphatic hydroxyl groups is 2. The number of nitrogens with zero attached hydrogens (tertiary/aromatic N) is 2. The number of unbranched alkanes of at least 4 members (excludes halogenated alkanes) is 7. The van der Waals surface area contributed by atoms with Crippen LogP contribution in [0.4, 0.5) is 11.4 Å². The number of benzene rings is 2. The van der Waals surface area contributed by atoms with E-state index in [4.69, 9.17) is 0 Å². The first kappa shape index (κ1) is 41.6. The van der Waals surface area contributed by atoms with Crippen LogP contribution in [0, 0.1) is 27.7 Å². The van der Waals surface area contributed by atoms with Crippen LogP contribution in [0.2, 0.25) is 0 Å². The summed E-state index contributed by atoms with van der Waals surface area (Å²) in [7, 11) is 0. The highest BCUT2D eigenvalue weighted by atomic mass is 16.3. The number of carbonyl (C=O) groups excluding carboxylic acids is 2. The van der Waals surface area contributed by atoms with E-state index >= 15 is 0 Å². The van der Waals surface area contributed by atoms with E-state index in [0.717, 1.165) is 137 Å². The number of carbonyl (C=O) groups is 2. The van der Waals surface area contributed by atoms with Gasteiger partial charge in [0.1, 0.15) is 0 Å². The second-order valence-electron chi connectivity index (χ2n) is 15.0. The molecule has 1 atom stereocenters. The summed E-state index contributed by atoms with van der Waals surface area (Å²) in [5.74, 6) is 0.187. The first-order valence-corrected chi connectivity index (χ1v) is 19.7. The average Bonchev–Trinajstić information content (AvgIpc) is 3.07. The molecule has 0 radical (unpaired) electrons. The van der Waals surface area contributed by atoms with Gasteiger partial charge in [-0.2, -0.15) is 0 Å². The molecular weight excluding hydrogens is 624 g/mol. The fraction of sp³-hybridized carbons (Fsp3) is 0.667. The zero-order valence-corrected chi connectivity index (χ0v) is 31.9. The van der Waals surface area contributed by atoms with E-state index in [2.05, 4.69) is 41.5 Å². The van der Waals surface area contributed by atoms with Crippen LogP contribution in [-0.4, -0.2) is 89.9 Å². The first-order valence-electron chi connectivity index (χ1n) is 19.7. The van der Waals surface area contributed by atoms with Gasteiger partial charge in [0.15, 0.2) is 6.54 Å². The molecule has 3 rings (SSSR count). The lowest BCUT2D eigenvalue weighted by atomic mass is 10.00. The standard InChI is InChI=1S/C42H68N4O4/c1-34-21-19-22-35(2)40(34)43-39(49)33-46(29-15-17-31-47,30-16-18-32-48)28-14-10-6-5-8-12-26-45-27-13-9-7-11-25-38(45)42(50)44-41-36(3)23-20-24-37(41)4/h19-24,38,47-48H,5-18,25-33H2,1-4H3,(H-,43,44,49,50)/p+1. The summed E-state index contributed by atoms with van der Waals surface area (Å²) in [6, 6.07) is 12.2. The number of hydrogen-bond acceptors (Lipinski definition) is 5. The topological polar surface area (TPSA) is 102 Å². The molecule has 2 amide bonds. The highest BCUT2D eigenvalue weighted by Crippen LogP contribution is 2.24. The molecule has 50 heavy (non-hydrogen) atoms. The van der Waals surface area contributed by atoms with Crippen LogP contribution in [0.15, 0.2) is 36.4 Å². The van der Waals surface area contributed by atoms with Gasteiger partial charge in [0.25, 0.3) is 5.91 Å². The molecule has 1 fully saturated rings. The van der Waals surface area contributed by atoms with Crippen LogP contribution in [0.1, 0.15) is 119 Å². The molecule has 1 aliphatic rings. The van der Waals surface area contributed by atoms with E-state index in [0.29, 0.717) is 11.0 Å². The number of aryl methyl sites for hydroxylation is 4. The van der Waals surface area contributed by atoms with Gasteiger partial charge in [-0.3, -0.25) is 14.5 Å². The van der Waals surface area contributed by atoms with Crippen molar-refractivity contribution in [3.05, 3.63) is 58.7 Å². The van der Waals surface area contributed by atoms with Crippen molar-refractivity contribution in [3.63, 3.8) is 0 Å². The molecule has 1 saturated heterocycles. The van der Waals surface area contributed by atoms with E-state index < -0.39 is 0 Å². The minimum absolute atomic E-state index is 0.0423. The fourth-order valence-electron chi connectivity index (χ4n) is 7.78. The summed E-state index contributed by atoms with van der Waals surface area (Å²) in [4.78, 5) is 29.5. The summed E-state index contributed by atoms with van der Waals surface area (Å²) in [6.45, 7) is 13.6. The molecule has 2 aromatic carbocycles. The molecule has 8 nitrogen and oxygen atoms in total. The molecular formula is C42H69N4O4+. The van der Waals surface area contributed by atoms with Crippen LogP contribution >= 0.6 is 0 Å². The van der Waals surface area contributed by atoms with Crippen LogP contribution in [-0.2, 0) is 9.59 Å². The van der Waals surface area contributed by atoms with Gasteiger partial charge in [0.2, 0.25) is 5.91 Å². The predicted molar refractivity (Wildman–Crippen MR) is 208 cm³/mol. The van der Waals surface area contributed by atoms with Crippen LogP contribution in [0.3, 0.4) is 0 Å². The number of quaternary nitrogens is 1. The molecule has 0 saturated carbocycles. The molecule has 1 unspecified atom stereocenters. The highest BCUT2D eigenvalue weighted by Gasteiger charge is 2.30. The van der Waals surface area contributed by atoms with E-state index in [-0.39, 0.29) is 31.1 Å². The Labute approximate surface area is 303 Å². The second-order valence-corrected chi connectivity index (χ2v) is 15.0. The van der Waals surface area contributed by atoms with Gasteiger partial charge >= 0.3 is 0 Å². The normalized spacial score (nSPS) is 15.8. The lowest BCUT2D eigenvalue weighted by molar-refractivity contribution is -0.921. The lowest BCUT2D eigenvalue weighted by Gasteiger charge is -2.39. The third-order valence-corrected chi connectivity index (χ3v) is 10.8. The van der Waals surface area contributed by atoms with Crippen molar-refractivity contribution in [1.29, 1.82) is 0 Å². The Balaban J connectivity index is 1.51. The Kier molecular flexibility index (Phi) is 19.1. The number of anilines is 2. The summed E-state index contributed by atoms with van der Waals surface area (Å²) in [6.07, 6.45) is 15.7. The van der Waals surface area contributed by atoms with Crippen molar-refractivity contribution in [2.24, 2.45) is 0 Å². The Morgan fingerprint density at radius 1 is 0.660 bits per heavy atom. The highest BCUT2D eigenvalue weighted by molar-refractivity contribution is 5.96. The van der Waals surface area contributed by atoms with Crippen LogP contribution in [0.5, 0.6) is 0 Å². The minimum Gasteiger partial charge on any atom is -0.396 e. The Hall–Kier alpha value is -2.78. The Bertz CT molecular complexity index is 1250. The molecule has 280 valence electrons. The number of rotatable bonds is 22. The van der Waals surface area contributed by atoms with Crippen molar-refractivity contribution in [3.8, 4) is 0 Å². The van der Waals surface area contributed by atoms with Gasteiger partial charge in [0.05, 0.1) is 25.7 Å². The molecule has 0 bridgehead atoms. The van der Waals surface area contributed by atoms with E-state index in [1.165, 1.54) is 25.7 Å². The summed E-state index contributed by atoms with van der Waals surface area (Å²) >= 11 is 0. The largest absolute Gasteiger partial charge is 0.396 e. The third-order valence-electron chi connectivity index (χ3n) is 10.8. The molecule has 0 aliphatic carbocycles. The number of hydrogen-bond donors (Lipinski definition) is 4. The van der Waals surface area contributed by atoms with Gasteiger partial charge in [-0.25, -0.2) is 0 Å². The van der Waals surface area contributed by atoms with Crippen molar-refractivity contribution >= 4 is 23.2 Å². The number of nitrogens with one attached hydrogen (secondary N) is 2. The van der Waals surface area contributed by atoms with Crippen molar-refractivity contribution in [2.45, 2.75) is 130 Å². The molecule has 2 aromatic rings. The zero-order valence-electron chi connectivity index (χ0n) is 31.9. The maximum Gasteiger partial charge on any atom is 0.279 e. The predicted octanol–water partition coefficient (Wildman–Crippen LogP) is 7.83. The molecule has 1 heterocycles. The van der Waals surface area contributed by atoms with E-state index in [9.17, 15) is 19.8 Å². The van der Waals surface area contributed by atoms with Crippen molar-refractivity contribution in [1.82, 2.24) is 4.90 Å². The van der Waals surface area contributed by atoms with Crippen molar-refractivity contribution in [2.75, 3.05) is 63.1 Å². The second kappa shape index (κ2) is 22.9. The van der Waals surface area contributed by atoms with Crippen molar-refractivity contribution < 1.29 is 24.3 Å². The first-order chi connectivity index (χ1) is 24.2. The molecule has 0 spiro atoms. The number of amides is 2. The van der Waals surface area contributed by atoms with Gasteiger partial charge in [-0.1, -0.05) is 74.9 Å². The van der Waals surface area contributed by atoms with Gasteiger partial charge < -0.3 is 25.3 Å². The molecule has 4 N–H and O–H groups in total. The third kappa shape index (κ3) is 14.1. The fourth-order valence-corrected chi connectivity index (χ4v) is 7.78. The van der Waals surface area contributed by atoms with Crippen LogP contribution in [0.25, 0.3) is 0 Å². The molecule has 0 aromatic heterocycles. The van der Waals surface area contributed by atoms with Gasteiger partial charge in [-0.15, -0.1) is 0 Å². The lowest BCUT2D eigenvalue weighted by Crippen LogP contribution is -2.54. The Morgan fingerprint density at radius 2 is 1.14 bits per heavy atom. The summed E-state index contributed by atoms with van der Waals surface area (Å²) < 4.78 is 0.706.